The number of benzene rings is 2. The number of halogens is 1. The van der Waals surface area contributed by atoms with E-state index in [2.05, 4.69) is 22.8 Å². The van der Waals surface area contributed by atoms with Gasteiger partial charge in [0.2, 0.25) is 5.91 Å². The summed E-state index contributed by atoms with van der Waals surface area (Å²) in [6.45, 7) is 7.32. The fraction of sp³-hybridized carbons (Fsp3) is 0.417. The zero-order valence-electron chi connectivity index (χ0n) is 19.0. The minimum atomic E-state index is 0. The van der Waals surface area contributed by atoms with Crippen molar-refractivity contribution in [2.75, 3.05) is 31.7 Å². The fourth-order valence-corrected chi connectivity index (χ4v) is 3.50. The third-order valence-electron chi connectivity index (χ3n) is 5.07. The molecule has 0 aliphatic carbocycles. The number of rotatable bonds is 9. The molecular formula is C24H33IN4O3. The van der Waals surface area contributed by atoms with E-state index in [0.717, 1.165) is 53.8 Å². The maximum absolute atomic E-state index is 11.9. The number of amides is 1. The number of nitrogens with one attached hydrogen (secondary N) is 2. The Labute approximate surface area is 207 Å². The summed E-state index contributed by atoms with van der Waals surface area (Å²) < 4.78 is 11.0. The van der Waals surface area contributed by atoms with E-state index in [1.807, 2.05) is 49.1 Å². The molecule has 174 valence electrons. The van der Waals surface area contributed by atoms with Crippen molar-refractivity contribution in [1.82, 2.24) is 10.6 Å². The zero-order chi connectivity index (χ0) is 22.1. The third-order valence-corrected chi connectivity index (χ3v) is 5.07. The van der Waals surface area contributed by atoms with Crippen molar-refractivity contribution in [3.8, 4) is 11.5 Å². The second-order valence-corrected chi connectivity index (χ2v) is 7.28. The molecule has 0 unspecified atom stereocenters. The molecule has 1 aliphatic rings. The molecular weight excluding hydrogens is 519 g/mol. The first-order valence-corrected chi connectivity index (χ1v) is 10.9. The predicted octanol–water partition coefficient (Wildman–Crippen LogP) is 4.09. The van der Waals surface area contributed by atoms with Crippen LogP contribution in [-0.2, 0) is 17.9 Å². The highest BCUT2D eigenvalue weighted by Crippen LogP contribution is 2.28. The molecule has 0 bridgehead atoms. The summed E-state index contributed by atoms with van der Waals surface area (Å²) in [6.07, 6.45) is 1.58. The summed E-state index contributed by atoms with van der Waals surface area (Å²) in [5.74, 6) is 2.40. The zero-order valence-corrected chi connectivity index (χ0v) is 21.3. The molecule has 1 heterocycles. The van der Waals surface area contributed by atoms with Gasteiger partial charge in [0, 0.05) is 31.7 Å². The Morgan fingerprint density at radius 2 is 1.81 bits per heavy atom. The van der Waals surface area contributed by atoms with Crippen LogP contribution in [0, 0.1) is 0 Å². The van der Waals surface area contributed by atoms with Gasteiger partial charge in [0.1, 0.15) is 0 Å². The molecule has 3 rings (SSSR count). The first-order valence-electron chi connectivity index (χ1n) is 10.9. The standard InChI is InChI=1S/C24H32N4O3.HI/c1-4-25-24(27-17-19-10-13-21(30-3)22(15-19)31-5-2)26-16-18-8-11-20(12-9-18)28-14-6-7-23(28)29;/h8-13,15H,4-7,14,16-17H2,1-3H3,(H2,25,26,27);1H. The molecule has 2 N–H and O–H groups in total. The van der Waals surface area contributed by atoms with Crippen LogP contribution in [0.15, 0.2) is 47.5 Å². The van der Waals surface area contributed by atoms with Crippen molar-refractivity contribution in [2.24, 2.45) is 4.99 Å². The largest absolute Gasteiger partial charge is 0.493 e. The average molecular weight is 552 g/mol. The molecule has 0 saturated carbocycles. The lowest BCUT2D eigenvalue weighted by atomic mass is 10.2. The van der Waals surface area contributed by atoms with E-state index in [0.29, 0.717) is 26.1 Å². The van der Waals surface area contributed by atoms with E-state index in [1.54, 1.807) is 7.11 Å². The first-order chi connectivity index (χ1) is 15.1. The highest BCUT2D eigenvalue weighted by molar-refractivity contribution is 14.0. The smallest absolute Gasteiger partial charge is 0.227 e. The van der Waals surface area contributed by atoms with Crippen molar-refractivity contribution < 1.29 is 14.3 Å². The lowest BCUT2D eigenvalue weighted by molar-refractivity contribution is -0.117. The maximum atomic E-state index is 11.9. The van der Waals surface area contributed by atoms with Gasteiger partial charge in [-0.25, -0.2) is 4.99 Å². The van der Waals surface area contributed by atoms with Crippen LogP contribution in [0.2, 0.25) is 0 Å². The number of anilines is 1. The van der Waals surface area contributed by atoms with Crippen molar-refractivity contribution in [3.63, 3.8) is 0 Å². The SMILES string of the molecule is CCNC(=NCc1ccc(OC)c(OCC)c1)NCc1ccc(N2CCCC2=O)cc1.I. The summed E-state index contributed by atoms with van der Waals surface area (Å²) in [7, 11) is 1.64. The summed E-state index contributed by atoms with van der Waals surface area (Å²) in [6, 6.07) is 14.0. The fourth-order valence-electron chi connectivity index (χ4n) is 3.50. The van der Waals surface area contributed by atoms with Crippen molar-refractivity contribution in [3.05, 3.63) is 53.6 Å². The second kappa shape index (κ2) is 13.1. The Kier molecular flexibility index (Phi) is 10.6. The van der Waals surface area contributed by atoms with Crippen LogP contribution in [0.4, 0.5) is 5.69 Å². The minimum absolute atomic E-state index is 0. The average Bonchev–Trinajstić information content (AvgIpc) is 3.22. The molecule has 0 aromatic heterocycles. The number of carbonyl (C=O) groups excluding carboxylic acids is 1. The van der Waals surface area contributed by atoms with Gasteiger partial charge in [-0.05, 0) is 55.7 Å². The van der Waals surface area contributed by atoms with E-state index >= 15 is 0 Å². The van der Waals surface area contributed by atoms with Crippen LogP contribution in [-0.4, -0.2) is 38.7 Å². The Balaban J connectivity index is 0.00000363. The first kappa shape index (κ1) is 25.8. The number of ether oxygens (including phenoxy) is 2. The van der Waals surface area contributed by atoms with Gasteiger partial charge >= 0.3 is 0 Å². The van der Waals surface area contributed by atoms with Crippen LogP contribution in [0.25, 0.3) is 0 Å². The van der Waals surface area contributed by atoms with Crippen LogP contribution >= 0.6 is 24.0 Å². The molecule has 2 aromatic rings. The normalized spacial score (nSPS) is 13.5. The van der Waals surface area contributed by atoms with Crippen LogP contribution < -0.4 is 25.0 Å². The second-order valence-electron chi connectivity index (χ2n) is 7.28. The van der Waals surface area contributed by atoms with Crippen LogP contribution in [0.1, 0.15) is 37.8 Å². The topological polar surface area (TPSA) is 75.2 Å². The van der Waals surface area contributed by atoms with Gasteiger partial charge in [0.15, 0.2) is 17.5 Å². The Bertz CT molecular complexity index is 903. The molecule has 0 radical (unpaired) electrons. The van der Waals surface area contributed by atoms with Crippen LogP contribution in [0.3, 0.4) is 0 Å². The van der Waals surface area contributed by atoms with Gasteiger partial charge in [0.25, 0.3) is 0 Å². The summed E-state index contributed by atoms with van der Waals surface area (Å²) in [5, 5.41) is 6.65. The summed E-state index contributed by atoms with van der Waals surface area (Å²) in [4.78, 5) is 18.4. The predicted molar refractivity (Wildman–Crippen MR) is 139 cm³/mol. The molecule has 8 heteroatoms. The molecule has 1 saturated heterocycles. The molecule has 2 aromatic carbocycles. The van der Waals surface area contributed by atoms with E-state index < -0.39 is 0 Å². The van der Waals surface area contributed by atoms with Crippen molar-refractivity contribution in [2.45, 2.75) is 39.8 Å². The lowest BCUT2D eigenvalue weighted by Gasteiger charge is -2.16. The monoisotopic (exact) mass is 552 g/mol. The van der Waals surface area contributed by atoms with E-state index in [9.17, 15) is 4.79 Å². The minimum Gasteiger partial charge on any atom is -0.493 e. The molecule has 0 atom stereocenters. The molecule has 7 nitrogen and oxygen atoms in total. The van der Waals surface area contributed by atoms with Gasteiger partial charge in [-0.3, -0.25) is 4.79 Å². The maximum Gasteiger partial charge on any atom is 0.227 e. The highest BCUT2D eigenvalue weighted by atomic mass is 127. The van der Waals surface area contributed by atoms with Gasteiger partial charge < -0.3 is 25.0 Å². The quantitative estimate of drug-likeness (QED) is 0.279. The van der Waals surface area contributed by atoms with Gasteiger partial charge in [-0.15, -0.1) is 24.0 Å². The van der Waals surface area contributed by atoms with E-state index in [-0.39, 0.29) is 29.9 Å². The highest BCUT2D eigenvalue weighted by Gasteiger charge is 2.21. The molecule has 1 aliphatic heterocycles. The molecule has 0 spiro atoms. The summed E-state index contributed by atoms with van der Waals surface area (Å²) >= 11 is 0. The molecule has 32 heavy (non-hydrogen) atoms. The molecule has 1 amide bonds. The third kappa shape index (κ3) is 7.01. The Hall–Kier alpha value is -2.49. The number of nitrogens with zero attached hydrogens (tertiary/aromatic N) is 2. The number of carbonyl (C=O) groups is 1. The van der Waals surface area contributed by atoms with Gasteiger partial charge in [-0.1, -0.05) is 18.2 Å². The number of hydrogen-bond acceptors (Lipinski definition) is 4. The summed E-state index contributed by atoms with van der Waals surface area (Å²) in [5.41, 5.74) is 3.14. The molecule has 1 fully saturated rings. The number of methoxy groups -OCH3 is 1. The van der Waals surface area contributed by atoms with Crippen molar-refractivity contribution >= 4 is 41.5 Å². The Morgan fingerprint density at radius 1 is 1.06 bits per heavy atom. The van der Waals surface area contributed by atoms with E-state index in [4.69, 9.17) is 14.5 Å². The van der Waals surface area contributed by atoms with Crippen LogP contribution in [0.5, 0.6) is 11.5 Å². The number of aliphatic imine (C=N–C) groups is 1. The van der Waals surface area contributed by atoms with Gasteiger partial charge in [0.05, 0.1) is 20.3 Å². The van der Waals surface area contributed by atoms with Gasteiger partial charge in [-0.2, -0.15) is 0 Å². The number of guanidine groups is 1. The lowest BCUT2D eigenvalue weighted by Crippen LogP contribution is -2.36. The number of hydrogen-bond donors (Lipinski definition) is 2. The van der Waals surface area contributed by atoms with Crippen molar-refractivity contribution in [1.29, 1.82) is 0 Å². The van der Waals surface area contributed by atoms with E-state index in [1.165, 1.54) is 0 Å². The Morgan fingerprint density at radius 3 is 2.44 bits per heavy atom.